The second-order valence-electron chi connectivity index (χ2n) is 8.19. The Hall–Kier alpha value is -3.63. The monoisotopic (exact) mass is 499 g/mol. The highest BCUT2D eigenvalue weighted by Crippen LogP contribution is 2.30. The van der Waals surface area contributed by atoms with Crippen molar-refractivity contribution in [3.05, 3.63) is 89.5 Å². The van der Waals surface area contributed by atoms with Gasteiger partial charge in [-0.2, -0.15) is 4.72 Å². The van der Waals surface area contributed by atoms with E-state index in [1.807, 2.05) is 0 Å². The van der Waals surface area contributed by atoms with Crippen LogP contribution < -0.4 is 14.9 Å². The maximum Gasteiger partial charge on any atom is 0.242 e. The molecular formula is C25H23F2N3O4S. The van der Waals surface area contributed by atoms with Crippen molar-refractivity contribution in [2.24, 2.45) is 0 Å². The summed E-state index contributed by atoms with van der Waals surface area (Å²) in [5.74, 6) is -3.06. The number of carbonyl (C=O) groups is 2. The Bertz CT molecular complexity index is 1380. The largest absolute Gasteiger partial charge is 0.325 e. The predicted molar refractivity (Wildman–Crippen MR) is 127 cm³/mol. The molecule has 10 heteroatoms. The number of nitrogens with one attached hydrogen (secondary N) is 2. The molecule has 35 heavy (non-hydrogen) atoms. The van der Waals surface area contributed by atoms with Crippen LogP contribution in [0.3, 0.4) is 0 Å². The van der Waals surface area contributed by atoms with Gasteiger partial charge >= 0.3 is 0 Å². The highest BCUT2D eigenvalue weighted by molar-refractivity contribution is 7.89. The van der Waals surface area contributed by atoms with Crippen molar-refractivity contribution in [3.8, 4) is 0 Å². The summed E-state index contributed by atoms with van der Waals surface area (Å²) in [6, 6.07) is 14.9. The van der Waals surface area contributed by atoms with E-state index in [-0.39, 0.29) is 22.9 Å². The number of hydrogen-bond donors (Lipinski definition) is 2. The lowest BCUT2D eigenvalue weighted by molar-refractivity contribution is -0.118. The number of benzene rings is 3. The molecular weight excluding hydrogens is 476 g/mol. The zero-order valence-electron chi connectivity index (χ0n) is 18.8. The lowest BCUT2D eigenvalue weighted by atomic mass is 10.1. The predicted octanol–water partition coefficient (Wildman–Crippen LogP) is 3.40. The summed E-state index contributed by atoms with van der Waals surface area (Å²) >= 11 is 0. The summed E-state index contributed by atoms with van der Waals surface area (Å²) in [6.07, 6.45) is 0.543. The van der Waals surface area contributed by atoms with E-state index in [9.17, 15) is 26.8 Å². The van der Waals surface area contributed by atoms with Crippen LogP contribution in [0.2, 0.25) is 0 Å². The van der Waals surface area contributed by atoms with E-state index in [0.717, 1.165) is 12.1 Å². The number of sulfonamides is 1. The van der Waals surface area contributed by atoms with Crippen LogP contribution in [-0.4, -0.2) is 32.8 Å². The van der Waals surface area contributed by atoms with Crippen molar-refractivity contribution < 1.29 is 26.8 Å². The number of fused-ring (bicyclic) bond motifs is 1. The van der Waals surface area contributed by atoms with Gasteiger partial charge in [0, 0.05) is 30.9 Å². The molecule has 0 unspecified atom stereocenters. The van der Waals surface area contributed by atoms with E-state index in [2.05, 4.69) is 10.0 Å². The third-order valence-electron chi connectivity index (χ3n) is 5.72. The molecule has 0 bridgehead atoms. The van der Waals surface area contributed by atoms with Gasteiger partial charge in [-0.15, -0.1) is 0 Å². The molecule has 2 N–H and O–H groups in total. The topological polar surface area (TPSA) is 95.6 Å². The van der Waals surface area contributed by atoms with E-state index in [1.54, 1.807) is 41.3 Å². The third-order valence-corrected chi connectivity index (χ3v) is 7.19. The Morgan fingerprint density at radius 3 is 2.43 bits per heavy atom. The molecule has 7 nitrogen and oxygen atoms in total. The maximum atomic E-state index is 13.6. The Morgan fingerprint density at radius 2 is 1.74 bits per heavy atom. The molecule has 3 aromatic rings. The van der Waals surface area contributed by atoms with Crippen LogP contribution in [0.4, 0.5) is 20.2 Å². The molecule has 0 saturated heterocycles. The van der Waals surface area contributed by atoms with Crippen LogP contribution in [0.5, 0.6) is 0 Å². The van der Waals surface area contributed by atoms with Crippen molar-refractivity contribution in [1.82, 2.24) is 4.72 Å². The average molecular weight is 500 g/mol. The van der Waals surface area contributed by atoms with E-state index >= 15 is 0 Å². The van der Waals surface area contributed by atoms with Gasteiger partial charge in [0.25, 0.3) is 0 Å². The second kappa shape index (κ2) is 9.93. The Morgan fingerprint density at radius 1 is 1.00 bits per heavy atom. The number of halogens is 2. The molecule has 3 aromatic carbocycles. The number of amides is 2. The summed E-state index contributed by atoms with van der Waals surface area (Å²) in [5.41, 5.74) is 2.07. The van der Waals surface area contributed by atoms with E-state index < -0.39 is 33.6 Å². The average Bonchev–Trinajstić information content (AvgIpc) is 3.25. The molecule has 0 radical (unpaired) electrons. The van der Waals surface area contributed by atoms with Crippen LogP contribution in [0.1, 0.15) is 18.1 Å². The number of rotatable bonds is 7. The molecule has 182 valence electrons. The molecule has 0 aromatic heterocycles. The van der Waals surface area contributed by atoms with Crippen LogP contribution >= 0.6 is 0 Å². The van der Waals surface area contributed by atoms with Crippen LogP contribution in [0, 0.1) is 11.6 Å². The van der Waals surface area contributed by atoms with Crippen molar-refractivity contribution in [1.29, 1.82) is 0 Å². The van der Waals surface area contributed by atoms with Gasteiger partial charge in [0.05, 0.1) is 4.90 Å². The normalized spacial score (nSPS) is 13.9. The molecule has 1 atom stereocenters. The zero-order chi connectivity index (χ0) is 25.2. The molecule has 0 fully saturated rings. The lowest BCUT2D eigenvalue weighted by Gasteiger charge is -2.20. The number of hydrogen-bond acceptors (Lipinski definition) is 4. The lowest BCUT2D eigenvalue weighted by Crippen LogP contribution is -2.45. The standard InChI is InChI=1S/C25H23F2N3O4S/c1-16(31)30-12-11-18-14-20(8-10-24(18)30)35(33,34)29-23(13-17-5-3-2-4-6-17)25(32)28-19-7-9-21(26)22(27)15-19/h2-10,14-15,23,29H,11-13H2,1H3,(H,28,32)/t23-/m1/s1. The van der Waals surface area contributed by atoms with Crippen LogP contribution in [0.15, 0.2) is 71.6 Å². The Balaban J connectivity index is 1.60. The van der Waals surface area contributed by atoms with Gasteiger partial charge in [-0.3, -0.25) is 9.59 Å². The zero-order valence-corrected chi connectivity index (χ0v) is 19.6. The minimum Gasteiger partial charge on any atom is -0.325 e. The summed E-state index contributed by atoms with van der Waals surface area (Å²) in [6.45, 7) is 1.91. The van der Waals surface area contributed by atoms with Crippen molar-refractivity contribution in [3.63, 3.8) is 0 Å². The first-order chi connectivity index (χ1) is 16.6. The molecule has 0 spiro atoms. The van der Waals surface area contributed by atoms with Gasteiger partial charge < -0.3 is 10.2 Å². The molecule has 0 saturated carbocycles. The summed E-state index contributed by atoms with van der Waals surface area (Å²) < 4.78 is 55.7. The van der Waals surface area contributed by atoms with E-state index in [0.29, 0.717) is 29.8 Å². The van der Waals surface area contributed by atoms with E-state index in [1.165, 1.54) is 25.1 Å². The van der Waals surface area contributed by atoms with Crippen molar-refractivity contribution in [2.75, 3.05) is 16.8 Å². The summed E-state index contributed by atoms with van der Waals surface area (Å²) in [4.78, 5) is 26.3. The van der Waals surface area contributed by atoms with Crippen molar-refractivity contribution >= 4 is 33.2 Å². The fraction of sp³-hybridized carbons (Fsp3) is 0.200. The van der Waals surface area contributed by atoms with Gasteiger partial charge in [-0.25, -0.2) is 17.2 Å². The van der Waals surface area contributed by atoms with Gasteiger partial charge in [0.2, 0.25) is 21.8 Å². The molecule has 1 heterocycles. The Kier molecular flexibility index (Phi) is 6.95. The van der Waals surface area contributed by atoms with Gasteiger partial charge in [0.1, 0.15) is 6.04 Å². The van der Waals surface area contributed by atoms with Gasteiger partial charge in [0.15, 0.2) is 11.6 Å². The Labute approximate surface area is 201 Å². The first-order valence-electron chi connectivity index (χ1n) is 10.9. The molecule has 1 aliphatic heterocycles. The van der Waals surface area contributed by atoms with Crippen LogP contribution in [0.25, 0.3) is 0 Å². The fourth-order valence-corrected chi connectivity index (χ4v) is 5.21. The number of carbonyl (C=O) groups excluding carboxylic acids is 2. The second-order valence-corrected chi connectivity index (χ2v) is 9.91. The highest BCUT2D eigenvalue weighted by Gasteiger charge is 2.29. The first kappa shape index (κ1) is 24.5. The maximum absolute atomic E-state index is 13.6. The van der Waals surface area contributed by atoms with E-state index in [4.69, 9.17) is 0 Å². The molecule has 2 amide bonds. The number of anilines is 2. The van der Waals surface area contributed by atoms with Gasteiger partial charge in [-0.05, 0) is 54.3 Å². The highest BCUT2D eigenvalue weighted by atomic mass is 32.2. The minimum atomic E-state index is -4.14. The van der Waals surface area contributed by atoms with Gasteiger partial charge in [-0.1, -0.05) is 30.3 Å². The smallest absolute Gasteiger partial charge is 0.242 e. The van der Waals surface area contributed by atoms with Crippen LogP contribution in [-0.2, 0) is 32.5 Å². The summed E-state index contributed by atoms with van der Waals surface area (Å²) in [5, 5.41) is 2.45. The summed E-state index contributed by atoms with van der Waals surface area (Å²) in [7, 11) is -4.14. The SMILES string of the molecule is CC(=O)N1CCc2cc(S(=O)(=O)N[C@H](Cc3ccccc3)C(=O)Nc3ccc(F)c(F)c3)ccc21. The molecule has 0 aliphatic carbocycles. The molecule has 1 aliphatic rings. The fourth-order valence-electron chi connectivity index (χ4n) is 3.97. The van der Waals surface area contributed by atoms with Crippen molar-refractivity contribution in [2.45, 2.75) is 30.7 Å². The first-order valence-corrected chi connectivity index (χ1v) is 12.4. The molecule has 4 rings (SSSR count). The quantitative estimate of drug-likeness (QED) is 0.521. The number of nitrogens with zero attached hydrogens (tertiary/aromatic N) is 1. The minimum absolute atomic E-state index is 0.00647. The third kappa shape index (κ3) is 5.55.